The first-order valence-corrected chi connectivity index (χ1v) is 32.7. The fraction of sp³-hybridized carbons (Fsp3) is 0.126. The minimum absolute atomic E-state index is 0.103. The Labute approximate surface area is 543 Å². The first-order valence-electron chi connectivity index (χ1n) is 32.7. The molecule has 10 aromatic carbocycles. The zero-order valence-electron chi connectivity index (χ0n) is 53.2. The molecule has 0 bridgehead atoms. The highest BCUT2D eigenvalue weighted by Gasteiger charge is 2.42. The molecule has 0 aliphatic heterocycles. The van der Waals surface area contributed by atoms with Gasteiger partial charge in [0.25, 0.3) is 0 Å². The summed E-state index contributed by atoms with van der Waals surface area (Å²) in [6, 6.07) is 84.5. The van der Waals surface area contributed by atoms with Gasteiger partial charge in [0.2, 0.25) is 0 Å². The summed E-state index contributed by atoms with van der Waals surface area (Å²) in [4.78, 5) is 24.8. The van der Waals surface area contributed by atoms with E-state index in [0.29, 0.717) is 0 Å². The molecular formula is C87H68N6. The summed E-state index contributed by atoms with van der Waals surface area (Å²) < 4.78 is 0. The van der Waals surface area contributed by atoms with Crippen molar-refractivity contribution in [2.75, 3.05) is 9.80 Å². The van der Waals surface area contributed by atoms with Gasteiger partial charge in [0, 0.05) is 74.0 Å². The van der Waals surface area contributed by atoms with Crippen molar-refractivity contribution in [1.29, 1.82) is 0 Å². The molecule has 0 N–H and O–H groups in total. The quantitative estimate of drug-likeness (QED) is 0.114. The molecule has 0 saturated carbocycles. The Morgan fingerprint density at radius 1 is 0.290 bits per heavy atom. The largest absolute Gasteiger partial charge is 0.278 e. The third kappa shape index (κ3) is 8.83. The fourth-order valence-corrected chi connectivity index (χ4v) is 15.9. The number of rotatable bonds is 12. The van der Waals surface area contributed by atoms with Crippen molar-refractivity contribution in [3.63, 3.8) is 0 Å². The predicted molar refractivity (Wildman–Crippen MR) is 390 cm³/mol. The lowest BCUT2D eigenvalue weighted by atomic mass is 9.73. The van der Waals surface area contributed by atoms with Gasteiger partial charge in [-0.3, -0.25) is 9.80 Å². The lowest BCUT2D eigenvalue weighted by Crippen LogP contribution is -2.23. The minimum Gasteiger partial charge on any atom is -0.278 e. The molecule has 93 heavy (non-hydrogen) atoms. The number of fused-ring (bicyclic) bond motifs is 13. The number of pyridine rings is 4. The number of hydrogen-bond acceptors (Lipinski definition) is 6. The van der Waals surface area contributed by atoms with Gasteiger partial charge in [-0.05, 0) is 172 Å². The Morgan fingerprint density at radius 2 is 0.548 bits per heavy atom. The molecule has 0 amide bonds. The van der Waals surface area contributed by atoms with Gasteiger partial charge in [0.1, 0.15) is 23.3 Å². The van der Waals surface area contributed by atoms with Crippen LogP contribution in [0, 0.1) is 0 Å². The summed E-state index contributed by atoms with van der Waals surface area (Å²) in [7, 11) is 0. The van der Waals surface area contributed by atoms with Crippen LogP contribution in [0.3, 0.4) is 0 Å². The number of benzene rings is 10. The molecule has 0 fully saturated rings. The van der Waals surface area contributed by atoms with Crippen LogP contribution in [0.25, 0.3) is 101 Å². The Bertz CT molecular complexity index is 4960. The monoisotopic (exact) mass is 1200 g/mol. The van der Waals surface area contributed by atoms with Crippen LogP contribution in [-0.4, -0.2) is 19.9 Å². The average molecular weight is 1200 g/mol. The molecule has 3 aliphatic carbocycles. The molecular weight excluding hydrogens is 1130 g/mol. The average Bonchev–Trinajstić information content (AvgIpc) is 1.61. The molecule has 0 radical (unpaired) electrons. The van der Waals surface area contributed by atoms with E-state index in [9.17, 15) is 0 Å². The van der Waals surface area contributed by atoms with Crippen molar-refractivity contribution in [2.45, 2.75) is 70.6 Å². The van der Waals surface area contributed by atoms with Crippen molar-refractivity contribution in [1.82, 2.24) is 19.9 Å². The lowest BCUT2D eigenvalue weighted by molar-refractivity contribution is 0.490. The van der Waals surface area contributed by atoms with Crippen molar-refractivity contribution < 1.29 is 0 Å². The van der Waals surface area contributed by atoms with Gasteiger partial charge in [-0.25, -0.2) is 19.9 Å². The molecule has 3 aliphatic rings. The van der Waals surface area contributed by atoms with Gasteiger partial charge in [0.15, 0.2) is 0 Å². The number of aromatic nitrogens is 4. The first kappa shape index (κ1) is 55.9. The molecule has 0 saturated heterocycles. The zero-order valence-corrected chi connectivity index (χ0v) is 53.2. The summed E-state index contributed by atoms with van der Waals surface area (Å²) in [5, 5.41) is 8.84. The SMILES string of the molecule is CCC1(CC)c2cc(/C=C/c3ccc4c(c3)C(C)(C)c3cc(N(c5nccc6ccccc56)c5nccc6ccccc56)ccc3-4)ccc2-c2ccc(/C=C/c3ccc4c(c3)C(C)(C)c3cc(N(c5nccc6ccccc56)c5nccc6ccccc56)ccc3-4)cc21. The van der Waals surface area contributed by atoms with Crippen LogP contribution in [0.4, 0.5) is 34.6 Å². The molecule has 4 heterocycles. The normalized spacial score (nSPS) is 14.4. The summed E-state index contributed by atoms with van der Waals surface area (Å²) in [5.41, 5.74) is 22.1. The second-order valence-corrected chi connectivity index (χ2v) is 26.5. The molecule has 4 aromatic heterocycles. The van der Waals surface area contributed by atoms with Crippen LogP contribution in [-0.2, 0) is 16.2 Å². The number of nitrogens with zero attached hydrogens (tertiary/aromatic N) is 6. The Balaban J connectivity index is 0.641. The maximum Gasteiger partial charge on any atom is 0.146 e. The van der Waals surface area contributed by atoms with Crippen LogP contribution in [0.5, 0.6) is 0 Å². The molecule has 0 spiro atoms. The van der Waals surface area contributed by atoms with E-state index >= 15 is 0 Å². The van der Waals surface area contributed by atoms with Gasteiger partial charge in [-0.2, -0.15) is 0 Å². The van der Waals surface area contributed by atoms with E-state index in [1.54, 1.807) is 0 Å². The van der Waals surface area contributed by atoms with Gasteiger partial charge in [0.05, 0.1) is 0 Å². The molecule has 446 valence electrons. The standard InChI is InChI=1S/C87H68N6/c1-7-87(8-2)79-51-57(27-25-55-29-35-69-71-39-33-63(53-77(71)85(3,4)75(69)49-55)92(81-65-21-13-9-17-59(65)41-45-88-81)82-66-22-14-10-18-60(66)42-46-89-82)31-37-73(79)74-38-32-58(52-80(74)87)28-26-56-30-36-70-72-40-34-64(54-78(72)86(5,6)76(70)50-56)93(83-67-23-15-11-19-61(67)43-47-90-83)84-68-24-16-12-20-62(68)44-48-91-84/h9-54H,7-8H2,1-6H3/b27-25+,28-26+. The van der Waals surface area contributed by atoms with Gasteiger partial charge in [-0.15, -0.1) is 0 Å². The van der Waals surface area contributed by atoms with E-state index in [-0.39, 0.29) is 16.2 Å². The smallest absolute Gasteiger partial charge is 0.146 e. The van der Waals surface area contributed by atoms with Crippen LogP contribution < -0.4 is 9.80 Å². The number of anilines is 6. The first-order chi connectivity index (χ1) is 45.5. The van der Waals surface area contributed by atoms with E-state index < -0.39 is 0 Å². The lowest BCUT2D eigenvalue weighted by Gasteiger charge is -2.30. The van der Waals surface area contributed by atoms with Crippen molar-refractivity contribution in [3.05, 3.63) is 311 Å². The molecule has 0 unspecified atom stereocenters. The zero-order chi connectivity index (χ0) is 62.7. The molecule has 6 nitrogen and oxygen atoms in total. The minimum atomic E-state index is -0.264. The highest BCUT2D eigenvalue weighted by molar-refractivity contribution is 6.05. The Morgan fingerprint density at radius 3 is 0.849 bits per heavy atom. The predicted octanol–water partition coefficient (Wildman–Crippen LogP) is 22.9. The van der Waals surface area contributed by atoms with Crippen LogP contribution in [0.2, 0.25) is 0 Å². The van der Waals surface area contributed by atoms with Crippen molar-refractivity contribution >= 4 is 102 Å². The summed E-state index contributed by atoms with van der Waals surface area (Å²) in [6.07, 6.45) is 18.9. The summed E-state index contributed by atoms with van der Waals surface area (Å²) in [6.45, 7) is 14.2. The Kier molecular flexibility index (Phi) is 13.0. The molecule has 6 heteroatoms. The van der Waals surface area contributed by atoms with Gasteiger partial charge in [-0.1, -0.05) is 248 Å². The van der Waals surface area contributed by atoms with Gasteiger partial charge >= 0.3 is 0 Å². The summed E-state index contributed by atoms with van der Waals surface area (Å²) >= 11 is 0. The second-order valence-electron chi connectivity index (χ2n) is 26.5. The van der Waals surface area contributed by atoms with E-state index in [2.05, 4.69) is 306 Å². The highest BCUT2D eigenvalue weighted by atomic mass is 15.2. The fourth-order valence-electron chi connectivity index (χ4n) is 15.9. The Hall–Kier alpha value is -11.1. The third-order valence-corrected chi connectivity index (χ3v) is 20.9. The highest BCUT2D eigenvalue weighted by Crippen LogP contribution is 2.56. The maximum atomic E-state index is 5.07. The van der Waals surface area contributed by atoms with E-state index in [4.69, 9.17) is 19.9 Å². The molecule has 14 aromatic rings. The van der Waals surface area contributed by atoms with Crippen LogP contribution in [0.15, 0.2) is 255 Å². The second kappa shape index (κ2) is 21.5. The van der Waals surface area contributed by atoms with E-state index in [1.165, 1.54) is 89.0 Å². The third-order valence-electron chi connectivity index (χ3n) is 20.9. The maximum absolute atomic E-state index is 5.07. The van der Waals surface area contributed by atoms with Gasteiger partial charge < -0.3 is 0 Å². The van der Waals surface area contributed by atoms with Crippen molar-refractivity contribution in [2.24, 2.45) is 0 Å². The topological polar surface area (TPSA) is 58.0 Å². The molecule has 0 atom stereocenters. The van der Waals surface area contributed by atoms with Crippen molar-refractivity contribution in [3.8, 4) is 33.4 Å². The van der Waals surface area contributed by atoms with Crippen LogP contribution >= 0.6 is 0 Å². The number of hydrogen-bond donors (Lipinski definition) is 0. The van der Waals surface area contributed by atoms with Crippen LogP contribution in [0.1, 0.15) is 110 Å². The van der Waals surface area contributed by atoms with E-state index in [1.807, 2.05) is 24.8 Å². The summed E-state index contributed by atoms with van der Waals surface area (Å²) in [5.74, 6) is 3.43. The van der Waals surface area contributed by atoms with E-state index in [0.717, 1.165) is 90.6 Å². The molecule has 17 rings (SSSR count).